The van der Waals surface area contributed by atoms with E-state index in [1.165, 1.54) is 0 Å². The van der Waals surface area contributed by atoms with Gasteiger partial charge >= 0.3 is 5.97 Å². The van der Waals surface area contributed by atoms with E-state index in [2.05, 4.69) is 29.7 Å². The number of carbonyl (C=O) groups excluding carboxylic acids is 1. The third kappa shape index (κ3) is 5.76. The number of hydrogen-bond donors (Lipinski definition) is 4. The summed E-state index contributed by atoms with van der Waals surface area (Å²) in [4.78, 5) is 23.9. The number of aliphatic carboxylic acids is 1. The first-order valence-corrected chi connectivity index (χ1v) is 11.5. The van der Waals surface area contributed by atoms with Gasteiger partial charge in [-0.1, -0.05) is 48.0 Å². The lowest BCUT2D eigenvalue weighted by atomic mass is 9.94. The normalized spacial score (nSPS) is 12.6. The maximum Gasteiger partial charge on any atom is 0.327 e. The molecule has 2 atom stereocenters. The Kier molecular flexibility index (Phi) is 7.97. The minimum Gasteiger partial charge on any atom is -0.480 e. The highest BCUT2D eigenvalue weighted by atomic mass is 35.5. The van der Waals surface area contributed by atoms with Crippen molar-refractivity contribution >= 4 is 29.2 Å². The summed E-state index contributed by atoms with van der Waals surface area (Å²) < 4.78 is 0. The zero-order chi connectivity index (χ0) is 25.0. The summed E-state index contributed by atoms with van der Waals surface area (Å²) in [5.41, 5.74) is 12.6. The first-order chi connectivity index (χ1) is 16.1. The number of carbonyl (C=O) groups is 2. The van der Waals surface area contributed by atoms with Crippen LogP contribution in [0.25, 0.3) is 11.1 Å². The Hall–Kier alpha value is -3.35. The summed E-state index contributed by atoms with van der Waals surface area (Å²) in [5.74, 6) is -1.60. The predicted octanol–water partition coefficient (Wildman–Crippen LogP) is 5.25. The summed E-state index contributed by atoms with van der Waals surface area (Å²) in [7, 11) is 0. The van der Waals surface area contributed by atoms with E-state index in [0.717, 1.165) is 44.1 Å². The molecule has 0 bridgehead atoms. The molecule has 0 aliphatic rings. The van der Waals surface area contributed by atoms with Gasteiger partial charge in [0.15, 0.2) is 0 Å². The summed E-state index contributed by atoms with van der Waals surface area (Å²) in [6, 6.07) is 16.9. The molecule has 34 heavy (non-hydrogen) atoms. The highest BCUT2D eigenvalue weighted by Gasteiger charge is 2.21. The summed E-state index contributed by atoms with van der Waals surface area (Å²) in [5, 5.41) is 16.0. The smallest absolute Gasteiger partial charge is 0.327 e. The highest BCUT2D eigenvalue weighted by Crippen LogP contribution is 2.29. The molecule has 0 spiro atoms. The molecular formula is C27H30ClN3O3. The molecule has 0 fully saturated rings. The Morgan fingerprint density at radius 3 is 2.24 bits per heavy atom. The molecule has 3 rings (SSSR count). The van der Waals surface area contributed by atoms with E-state index in [1.807, 2.05) is 63.2 Å². The molecule has 0 radical (unpaired) electrons. The fraction of sp³-hybridized carbons (Fsp3) is 0.259. The molecule has 0 unspecified atom stereocenters. The largest absolute Gasteiger partial charge is 0.480 e. The molecule has 5 N–H and O–H groups in total. The minimum absolute atomic E-state index is 0.0884. The summed E-state index contributed by atoms with van der Waals surface area (Å²) in [6.45, 7) is 7.60. The minimum atomic E-state index is -1.16. The molecule has 3 aromatic rings. The molecule has 3 aromatic carbocycles. The number of benzene rings is 3. The van der Waals surface area contributed by atoms with Gasteiger partial charge in [-0.15, -0.1) is 0 Å². The number of halogens is 1. The first kappa shape index (κ1) is 25.3. The van der Waals surface area contributed by atoms with Crippen LogP contribution in [0.2, 0.25) is 5.02 Å². The predicted molar refractivity (Wildman–Crippen MR) is 138 cm³/mol. The Balaban J connectivity index is 1.84. The molecule has 0 aliphatic carbocycles. The highest BCUT2D eigenvalue weighted by molar-refractivity contribution is 6.31. The molecule has 7 heteroatoms. The molecular weight excluding hydrogens is 450 g/mol. The van der Waals surface area contributed by atoms with Gasteiger partial charge in [-0.3, -0.25) is 4.79 Å². The van der Waals surface area contributed by atoms with Crippen molar-refractivity contribution in [1.82, 2.24) is 5.32 Å². The van der Waals surface area contributed by atoms with E-state index in [9.17, 15) is 14.7 Å². The quantitative estimate of drug-likeness (QED) is 0.353. The molecule has 1 amide bonds. The molecule has 0 saturated carbocycles. The zero-order valence-electron chi connectivity index (χ0n) is 19.8. The van der Waals surface area contributed by atoms with Crippen LogP contribution in [0.4, 0.5) is 5.69 Å². The Morgan fingerprint density at radius 1 is 0.971 bits per heavy atom. The Bertz CT molecular complexity index is 1200. The van der Waals surface area contributed by atoms with Gasteiger partial charge < -0.3 is 21.5 Å². The van der Waals surface area contributed by atoms with Crippen molar-refractivity contribution in [1.29, 1.82) is 0 Å². The number of aryl methyl sites for hydroxylation is 3. The van der Waals surface area contributed by atoms with Gasteiger partial charge in [0, 0.05) is 28.9 Å². The second-order valence-corrected chi connectivity index (χ2v) is 8.95. The van der Waals surface area contributed by atoms with Crippen LogP contribution < -0.4 is 16.4 Å². The van der Waals surface area contributed by atoms with Crippen LogP contribution in [-0.2, 0) is 4.79 Å². The van der Waals surface area contributed by atoms with Crippen molar-refractivity contribution in [2.24, 2.45) is 5.73 Å². The second-order valence-electron chi connectivity index (χ2n) is 8.54. The number of nitrogens with one attached hydrogen (secondary N) is 2. The van der Waals surface area contributed by atoms with E-state index in [4.69, 9.17) is 17.3 Å². The van der Waals surface area contributed by atoms with Crippen LogP contribution >= 0.6 is 11.6 Å². The van der Waals surface area contributed by atoms with Crippen LogP contribution in [0.5, 0.6) is 0 Å². The zero-order valence-corrected chi connectivity index (χ0v) is 20.5. The number of anilines is 1. The molecule has 0 aliphatic heterocycles. The lowest BCUT2D eigenvalue weighted by molar-refractivity contribution is -0.138. The SMILES string of the molecule is Cc1cc([C@@H](C)Nc2cccc(-c3cc(C)c(C(=O)N[C@@H](CN)C(=O)O)c(C)c3)c2)ccc1Cl. The third-order valence-corrected chi connectivity index (χ3v) is 6.28. The standard InChI is InChI=1S/C27H30ClN3O3/c1-15-10-19(8-9-23(15)28)18(4)30-22-7-5-6-20(13-22)21-11-16(2)25(17(3)12-21)26(32)31-24(14-29)27(33)34/h5-13,18,24,30H,14,29H2,1-4H3,(H,31,32)(H,33,34)/t18-,24+/m1/s1. The van der Waals surface area contributed by atoms with Crippen LogP contribution in [0.1, 0.15) is 45.6 Å². The van der Waals surface area contributed by atoms with E-state index in [-0.39, 0.29) is 12.6 Å². The van der Waals surface area contributed by atoms with Crippen molar-refractivity contribution in [2.75, 3.05) is 11.9 Å². The molecule has 0 saturated heterocycles. The molecule has 0 aromatic heterocycles. The second kappa shape index (κ2) is 10.7. The fourth-order valence-electron chi connectivity index (χ4n) is 4.00. The number of hydrogen-bond acceptors (Lipinski definition) is 4. The van der Waals surface area contributed by atoms with E-state index in [1.54, 1.807) is 0 Å². The Labute approximate surface area is 205 Å². The lowest BCUT2D eigenvalue weighted by Crippen LogP contribution is -2.46. The average Bonchev–Trinajstić information content (AvgIpc) is 2.78. The topological polar surface area (TPSA) is 104 Å². The van der Waals surface area contributed by atoms with Crippen molar-refractivity contribution in [2.45, 2.75) is 39.8 Å². The number of rotatable bonds is 8. The molecule has 0 heterocycles. The van der Waals surface area contributed by atoms with Crippen molar-refractivity contribution < 1.29 is 14.7 Å². The molecule has 178 valence electrons. The van der Waals surface area contributed by atoms with Gasteiger partial charge in [-0.25, -0.2) is 4.79 Å². The van der Waals surface area contributed by atoms with Gasteiger partial charge in [0.25, 0.3) is 5.91 Å². The van der Waals surface area contributed by atoms with E-state index < -0.39 is 17.9 Å². The Morgan fingerprint density at radius 2 is 1.65 bits per heavy atom. The van der Waals surface area contributed by atoms with Crippen molar-refractivity contribution in [3.05, 3.63) is 87.4 Å². The van der Waals surface area contributed by atoms with Crippen molar-refractivity contribution in [3.63, 3.8) is 0 Å². The lowest BCUT2D eigenvalue weighted by Gasteiger charge is -2.18. The fourth-order valence-corrected chi connectivity index (χ4v) is 4.12. The number of amides is 1. The van der Waals surface area contributed by atoms with E-state index >= 15 is 0 Å². The third-order valence-electron chi connectivity index (χ3n) is 5.86. The van der Waals surface area contributed by atoms with Gasteiger partial charge in [0.05, 0.1) is 0 Å². The number of carboxylic acid groups (broad SMARTS) is 1. The first-order valence-electron chi connectivity index (χ1n) is 11.1. The van der Waals surface area contributed by atoms with E-state index in [0.29, 0.717) is 5.56 Å². The summed E-state index contributed by atoms with van der Waals surface area (Å²) in [6.07, 6.45) is 0. The maximum atomic E-state index is 12.7. The maximum absolute atomic E-state index is 12.7. The van der Waals surface area contributed by atoms with Crippen molar-refractivity contribution in [3.8, 4) is 11.1 Å². The van der Waals surface area contributed by atoms with Gasteiger partial charge in [0.1, 0.15) is 6.04 Å². The van der Waals surface area contributed by atoms with Gasteiger partial charge in [0.2, 0.25) is 0 Å². The summed E-state index contributed by atoms with van der Waals surface area (Å²) >= 11 is 6.16. The van der Waals surface area contributed by atoms with Crippen LogP contribution in [-0.4, -0.2) is 29.6 Å². The van der Waals surface area contributed by atoms with Crippen LogP contribution in [0.3, 0.4) is 0 Å². The van der Waals surface area contributed by atoms with Gasteiger partial charge in [-0.05, 0) is 79.3 Å². The number of nitrogens with two attached hydrogens (primary N) is 1. The van der Waals surface area contributed by atoms with Gasteiger partial charge in [-0.2, -0.15) is 0 Å². The molecule has 6 nitrogen and oxygen atoms in total. The van der Waals surface area contributed by atoms with Crippen LogP contribution in [0, 0.1) is 20.8 Å². The average molecular weight is 480 g/mol. The monoisotopic (exact) mass is 479 g/mol. The van der Waals surface area contributed by atoms with Crippen LogP contribution in [0.15, 0.2) is 54.6 Å². The number of carboxylic acids is 1.